The van der Waals surface area contributed by atoms with Gasteiger partial charge in [-0.15, -0.1) is 0 Å². The number of benzene rings is 2. The third-order valence-electron chi connectivity index (χ3n) is 3.73. The van der Waals surface area contributed by atoms with E-state index < -0.39 is 0 Å². The molecule has 0 aliphatic rings. The van der Waals surface area contributed by atoms with Crippen LogP contribution in [0.4, 0.5) is 0 Å². The molecule has 3 heteroatoms. The van der Waals surface area contributed by atoms with Crippen molar-refractivity contribution < 1.29 is 4.42 Å². The van der Waals surface area contributed by atoms with Crippen molar-refractivity contribution in [2.45, 2.75) is 26.9 Å². The first-order valence-electron chi connectivity index (χ1n) is 7.49. The Morgan fingerprint density at radius 3 is 2.50 bits per heavy atom. The van der Waals surface area contributed by atoms with Gasteiger partial charge in [0, 0.05) is 18.7 Å². The fraction of sp³-hybridized carbons (Fsp3) is 0.211. The minimum atomic E-state index is 0.674. The fourth-order valence-corrected chi connectivity index (χ4v) is 2.35. The predicted octanol–water partition coefficient (Wildman–Crippen LogP) is 4.25. The highest BCUT2D eigenvalue weighted by Crippen LogP contribution is 2.19. The van der Waals surface area contributed by atoms with Crippen molar-refractivity contribution in [1.29, 1.82) is 0 Å². The predicted molar refractivity (Wildman–Crippen MR) is 88.4 cm³/mol. The third kappa shape index (κ3) is 3.43. The van der Waals surface area contributed by atoms with Crippen molar-refractivity contribution in [3.63, 3.8) is 0 Å². The molecule has 3 aromatic rings. The molecule has 112 valence electrons. The van der Waals surface area contributed by atoms with Crippen LogP contribution in [-0.4, -0.2) is 4.98 Å². The van der Waals surface area contributed by atoms with Crippen LogP contribution in [-0.2, 0) is 13.1 Å². The van der Waals surface area contributed by atoms with Gasteiger partial charge in [-0.1, -0.05) is 42.0 Å². The van der Waals surface area contributed by atoms with Crippen LogP contribution in [0.3, 0.4) is 0 Å². The van der Waals surface area contributed by atoms with E-state index in [1.807, 2.05) is 12.1 Å². The lowest BCUT2D eigenvalue weighted by Gasteiger charge is -2.05. The molecule has 0 radical (unpaired) electrons. The highest BCUT2D eigenvalue weighted by Gasteiger charge is 2.06. The number of aryl methyl sites for hydroxylation is 2. The Morgan fingerprint density at radius 2 is 1.73 bits per heavy atom. The van der Waals surface area contributed by atoms with E-state index in [0.717, 1.165) is 17.8 Å². The lowest BCUT2D eigenvalue weighted by atomic mass is 10.1. The van der Waals surface area contributed by atoms with Crippen molar-refractivity contribution in [1.82, 2.24) is 10.3 Å². The molecule has 1 heterocycles. The van der Waals surface area contributed by atoms with E-state index in [-0.39, 0.29) is 0 Å². The van der Waals surface area contributed by atoms with Crippen LogP contribution in [0.15, 0.2) is 59.2 Å². The molecule has 0 spiro atoms. The summed E-state index contributed by atoms with van der Waals surface area (Å²) < 4.78 is 5.57. The molecular weight excluding hydrogens is 272 g/mol. The van der Waals surface area contributed by atoms with Gasteiger partial charge < -0.3 is 9.73 Å². The molecule has 1 N–H and O–H groups in total. The zero-order valence-corrected chi connectivity index (χ0v) is 13.0. The first-order valence-corrected chi connectivity index (χ1v) is 7.49. The van der Waals surface area contributed by atoms with Gasteiger partial charge >= 0.3 is 0 Å². The van der Waals surface area contributed by atoms with Crippen LogP contribution in [0.1, 0.15) is 22.4 Å². The minimum Gasteiger partial charge on any atom is -0.444 e. The second kappa shape index (κ2) is 6.58. The monoisotopic (exact) mass is 292 g/mol. The first kappa shape index (κ1) is 14.5. The average Bonchev–Trinajstić information content (AvgIpc) is 2.99. The average molecular weight is 292 g/mol. The quantitative estimate of drug-likeness (QED) is 0.764. The molecule has 0 atom stereocenters. The Labute approximate surface area is 131 Å². The van der Waals surface area contributed by atoms with Gasteiger partial charge in [0.1, 0.15) is 6.26 Å². The summed E-state index contributed by atoms with van der Waals surface area (Å²) in [5.74, 6) is 0.674. The molecule has 3 rings (SSSR count). The summed E-state index contributed by atoms with van der Waals surface area (Å²) in [6.07, 6.45) is 1.72. The minimum absolute atomic E-state index is 0.674. The molecule has 0 fully saturated rings. The van der Waals surface area contributed by atoms with Crippen molar-refractivity contribution in [3.8, 4) is 11.5 Å². The summed E-state index contributed by atoms with van der Waals surface area (Å²) >= 11 is 0. The number of rotatable bonds is 5. The number of hydrogen-bond donors (Lipinski definition) is 1. The number of nitrogens with zero attached hydrogens (tertiary/aromatic N) is 1. The normalized spacial score (nSPS) is 10.8. The zero-order valence-electron chi connectivity index (χ0n) is 13.0. The molecule has 0 bridgehead atoms. The third-order valence-corrected chi connectivity index (χ3v) is 3.73. The number of hydrogen-bond acceptors (Lipinski definition) is 3. The Balaban J connectivity index is 1.60. The number of oxazole rings is 1. The van der Waals surface area contributed by atoms with Gasteiger partial charge in [0.25, 0.3) is 0 Å². The summed E-state index contributed by atoms with van der Waals surface area (Å²) in [6.45, 7) is 5.73. The Bertz CT molecular complexity index is 744. The molecule has 2 aromatic carbocycles. The van der Waals surface area contributed by atoms with E-state index in [0.29, 0.717) is 12.4 Å². The molecule has 0 aliphatic carbocycles. The smallest absolute Gasteiger partial charge is 0.226 e. The summed E-state index contributed by atoms with van der Waals surface area (Å²) in [4.78, 5) is 4.53. The lowest BCUT2D eigenvalue weighted by molar-refractivity contribution is 0.570. The molecule has 3 nitrogen and oxygen atoms in total. The molecule has 1 aromatic heterocycles. The molecule has 0 aliphatic heterocycles. The van der Waals surface area contributed by atoms with Crippen LogP contribution in [0.5, 0.6) is 0 Å². The highest BCUT2D eigenvalue weighted by molar-refractivity contribution is 5.53. The van der Waals surface area contributed by atoms with E-state index in [1.54, 1.807) is 6.26 Å². The van der Waals surface area contributed by atoms with Crippen LogP contribution in [0.25, 0.3) is 11.5 Å². The maximum Gasteiger partial charge on any atom is 0.226 e. The van der Waals surface area contributed by atoms with E-state index in [2.05, 4.69) is 60.5 Å². The van der Waals surface area contributed by atoms with Gasteiger partial charge in [-0.05, 0) is 37.1 Å². The van der Waals surface area contributed by atoms with Crippen LogP contribution in [0.2, 0.25) is 0 Å². The lowest BCUT2D eigenvalue weighted by Crippen LogP contribution is -2.13. The molecule has 0 amide bonds. The van der Waals surface area contributed by atoms with E-state index in [9.17, 15) is 0 Å². The topological polar surface area (TPSA) is 38.1 Å². The second-order valence-electron chi connectivity index (χ2n) is 5.54. The SMILES string of the molecule is Cc1ccc(-c2nc(CNCc3ccccc3C)co2)cc1. The van der Waals surface area contributed by atoms with Gasteiger partial charge in [-0.25, -0.2) is 4.98 Å². The molecule has 22 heavy (non-hydrogen) atoms. The van der Waals surface area contributed by atoms with E-state index in [1.165, 1.54) is 16.7 Å². The van der Waals surface area contributed by atoms with Crippen molar-refractivity contribution in [3.05, 3.63) is 77.2 Å². The summed E-state index contributed by atoms with van der Waals surface area (Å²) in [5.41, 5.74) is 5.77. The second-order valence-corrected chi connectivity index (χ2v) is 5.54. The Hall–Kier alpha value is -2.39. The maximum absolute atomic E-state index is 5.57. The summed E-state index contributed by atoms with van der Waals surface area (Å²) in [7, 11) is 0. The first-order chi connectivity index (χ1) is 10.7. The fourth-order valence-electron chi connectivity index (χ4n) is 2.35. The van der Waals surface area contributed by atoms with E-state index >= 15 is 0 Å². The van der Waals surface area contributed by atoms with Crippen LogP contribution in [0, 0.1) is 13.8 Å². The zero-order chi connectivity index (χ0) is 15.4. The van der Waals surface area contributed by atoms with Crippen molar-refractivity contribution in [2.75, 3.05) is 0 Å². The largest absolute Gasteiger partial charge is 0.444 e. The number of nitrogens with one attached hydrogen (secondary N) is 1. The summed E-state index contributed by atoms with van der Waals surface area (Å²) in [6, 6.07) is 16.6. The van der Waals surface area contributed by atoms with Crippen LogP contribution >= 0.6 is 0 Å². The standard InChI is InChI=1S/C19H20N2O/c1-14-7-9-16(10-8-14)19-21-18(13-22-19)12-20-11-17-6-4-3-5-15(17)2/h3-10,13,20H,11-12H2,1-2H3. The Morgan fingerprint density at radius 1 is 0.955 bits per heavy atom. The molecule has 0 saturated heterocycles. The maximum atomic E-state index is 5.57. The Kier molecular flexibility index (Phi) is 4.35. The molecular formula is C19H20N2O. The van der Waals surface area contributed by atoms with Crippen molar-refractivity contribution >= 4 is 0 Å². The van der Waals surface area contributed by atoms with Gasteiger partial charge in [-0.2, -0.15) is 0 Å². The van der Waals surface area contributed by atoms with Gasteiger partial charge in [0.2, 0.25) is 5.89 Å². The van der Waals surface area contributed by atoms with Gasteiger partial charge in [-0.3, -0.25) is 0 Å². The summed E-state index contributed by atoms with van der Waals surface area (Å²) in [5, 5.41) is 3.41. The van der Waals surface area contributed by atoms with Crippen molar-refractivity contribution in [2.24, 2.45) is 0 Å². The van der Waals surface area contributed by atoms with Gasteiger partial charge in [0.05, 0.1) is 5.69 Å². The van der Waals surface area contributed by atoms with Crippen LogP contribution < -0.4 is 5.32 Å². The van der Waals surface area contributed by atoms with E-state index in [4.69, 9.17) is 4.42 Å². The molecule has 0 saturated carbocycles. The van der Waals surface area contributed by atoms with Gasteiger partial charge in [0.15, 0.2) is 0 Å². The molecule has 0 unspecified atom stereocenters. The number of aromatic nitrogens is 1. The highest BCUT2D eigenvalue weighted by atomic mass is 16.3.